The molecular weight excluding hydrogens is 292 g/mol. The van der Waals surface area contributed by atoms with E-state index in [4.69, 9.17) is 9.29 Å². The van der Waals surface area contributed by atoms with Crippen LogP contribution in [0.2, 0.25) is 0 Å². The molecule has 21 heavy (non-hydrogen) atoms. The second-order valence-electron chi connectivity index (χ2n) is 4.66. The summed E-state index contributed by atoms with van der Waals surface area (Å²) in [6.45, 7) is 1.47. The molecule has 1 atom stereocenters. The van der Waals surface area contributed by atoms with Crippen molar-refractivity contribution < 1.29 is 22.8 Å². The molecule has 112 valence electrons. The van der Waals surface area contributed by atoms with Crippen LogP contribution in [0.25, 0.3) is 0 Å². The van der Waals surface area contributed by atoms with Gasteiger partial charge in [0.15, 0.2) is 0 Å². The van der Waals surface area contributed by atoms with Gasteiger partial charge in [0.25, 0.3) is 10.1 Å². The Bertz CT molecular complexity index is 690. The Balaban J connectivity index is 2.04. The molecule has 0 heterocycles. The van der Waals surface area contributed by atoms with Gasteiger partial charge in [0.1, 0.15) is 11.9 Å². The zero-order valence-electron chi connectivity index (χ0n) is 11.4. The van der Waals surface area contributed by atoms with Crippen LogP contribution >= 0.6 is 0 Å². The Morgan fingerprint density at radius 2 is 1.62 bits per heavy atom. The zero-order valence-corrected chi connectivity index (χ0v) is 12.2. The number of hydrogen-bond acceptors (Lipinski definition) is 5. The van der Waals surface area contributed by atoms with Gasteiger partial charge in [-0.05, 0) is 36.8 Å². The van der Waals surface area contributed by atoms with Crippen LogP contribution < -0.4 is 0 Å². The molecule has 2 N–H and O–H groups in total. The summed E-state index contributed by atoms with van der Waals surface area (Å²) in [5, 5.41) is 19.1. The van der Waals surface area contributed by atoms with Gasteiger partial charge < -0.3 is 10.2 Å². The fourth-order valence-electron chi connectivity index (χ4n) is 1.72. The number of phenolic OH excluding ortho intramolecular Hbond substituents is 1. The summed E-state index contributed by atoms with van der Waals surface area (Å²) in [5.41, 5.74) is 1.41. The predicted octanol–water partition coefficient (Wildman–Crippen LogP) is 2.14. The van der Waals surface area contributed by atoms with Gasteiger partial charge in [0.05, 0.1) is 11.5 Å². The number of benzene rings is 2. The van der Waals surface area contributed by atoms with Crippen LogP contribution in [0.4, 0.5) is 0 Å². The van der Waals surface area contributed by atoms with Gasteiger partial charge in [-0.1, -0.05) is 29.8 Å². The quantitative estimate of drug-likeness (QED) is 0.827. The molecule has 0 radical (unpaired) electrons. The second kappa shape index (κ2) is 6.26. The lowest BCUT2D eigenvalue weighted by molar-refractivity contribution is 0.111. The van der Waals surface area contributed by atoms with E-state index in [1.54, 1.807) is 12.1 Å². The molecule has 0 spiro atoms. The Morgan fingerprint density at radius 1 is 1.05 bits per heavy atom. The number of hydrogen-bond donors (Lipinski definition) is 2. The van der Waals surface area contributed by atoms with Crippen molar-refractivity contribution >= 4 is 10.1 Å². The lowest BCUT2D eigenvalue weighted by atomic mass is 10.1. The molecule has 1 unspecified atom stereocenters. The van der Waals surface area contributed by atoms with Gasteiger partial charge in [-0.3, -0.25) is 4.18 Å². The summed E-state index contributed by atoms with van der Waals surface area (Å²) in [5.74, 6) is 0.0687. The van der Waals surface area contributed by atoms with E-state index < -0.39 is 16.2 Å². The van der Waals surface area contributed by atoms with Gasteiger partial charge in [0.2, 0.25) is 0 Å². The largest absolute Gasteiger partial charge is 0.508 e. The number of phenols is 1. The third-order valence-corrected chi connectivity index (χ3v) is 4.26. The molecule has 0 amide bonds. The van der Waals surface area contributed by atoms with E-state index in [-0.39, 0.29) is 17.3 Å². The zero-order chi connectivity index (χ0) is 15.5. The number of aryl methyl sites for hydroxylation is 1. The van der Waals surface area contributed by atoms with Crippen LogP contribution in [0.5, 0.6) is 5.75 Å². The molecule has 0 saturated carbocycles. The first-order valence-electron chi connectivity index (χ1n) is 6.31. The van der Waals surface area contributed by atoms with Crippen LogP contribution in [-0.2, 0) is 14.3 Å². The first-order chi connectivity index (χ1) is 9.88. The van der Waals surface area contributed by atoms with Gasteiger partial charge in [-0.15, -0.1) is 0 Å². The fraction of sp³-hybridized carbons (Fsp3) is 0.200. The van der Waals surface area contributed by atoms with Crippen LogP contribution in [-0.4, -0.2) is 25.2 Å². The van der Waals surface area contributed by atoms with Crippen molar-refractivity contribution in [2.24, 2.45) is 0 Å². The molecule has 0 aliphatic rings. The molecule has 0 aliphatic heterocycles. The SMILES string of the molecule is Cc1ccc(S(=O)(=O)OCC(O)c2ccc(O)cc2)cc1. The Kier molecular flexibility index (Phi) is 4.62. The van der Waals surface area contributed by atoms with Gasteiger partial charge in [-0.25, -0.2) is 0 Å². The maximum atomic E-state index is 12.0. The first-order valence-corrected chi connectivity index (χ1v) is 7.72. The number of aromatic hydroxyl groups is 1. The second-order valence-corrected chi connectivity index (χ2v) is 6.27. The molecule has 0 aliphatic carbocycles. The van der Waals surface area contributed by atoms with Crippen molar-refractivity contribution in [2.45, 2.75) is 17.9 Å². The summed E-state index contributed by atoms with van der Waals surface area (Å²) >= 11 is 0. The average Bonchev–Trinajstić information content (AvgIpc) is 2.46. The Hall–Kier alpha value is -1.89. The Morgan fingerprint density at radius 3 is 2.19 bits per heavy atom. The highest BCUT2D eigenvalue weighted by Gasteiger charge is 2.18. The first kappa shape index (κ1) is 15.5. The minimum absolute atomic E-state index is 0.0472. The molecular formula is C15H16O5S. The number of aliphatic hydroxyl groups is 1. The van der Waals surface area contributed by atoms with Gasteiger partial charge >= 0.3 is 0 Å². The van der Waals surface area contributed by atoms with Crippen molar-refractivity contribution in [3.8, 4) is 5.75 Å². The summed E-state index contributed by atoms with van der Waals surface area (Å²) in [7, 11) is -3.90. The van der Waals surface area contributed by atoms with E-state index in [0.717, 1.165) is 5.56 Å². The molecule has 2 aromatic carbocycles. The lowest BCUT2D eigenvalue weighted by Crippen LogP contribution is -2.13. The van der Waals surface area contributed by atoms with E-state index >= 15 is 0 Å². The highest BCUT2D eigenvalue weighted by Crippen LogP contribution is 2.19. The van der Waals surface area contributed by atoms with Crippen molar-refractivity contribution in [3.05, 3.63) is 59.7 Å². The molecule has 2 rings (SSSR count). The minimum Gasteiger partial charge on any atom is -0.508 e. The number of aliphatic hydroxyl groups excluding tert-OH is 1. The molecule has 0 aromatic heterocycles. The molecule has 2 aromatic rings. The van der Waals surface area contributed by atoms with Crippen LogP contribution in [0.1, 0.15) is 17.2 Å². The summed E-state index contributed by atoms with van der Waals surface area (Å²) in [4.78, 5) is 0.0472. The van der Waals surface area contributed by atoms with E-state index in [0.29, 0.717) is 5.56 Å². The average molecular weight is 308 g/mol. The van der Waals surface area contributed by atoms with Crippen molar-refractivity contribution in [1.82, 2.24) is 0 Å². The smallest absolute Gasteiger partial charge is 0.297 e. The minimum atomic E-state index is -3.90. The molecule has 5 nitrogen and oxygen atoms in total. The van der Waals surface area contributed by atoms with Crippen LogP contribution in [0.3, 0.4) is 0 Å². The molecule has 0 bridgehead atoms. The normalized spacial score (nSPS) is 13.0. The van der Waals surface area contributed by atoms with E-state index in [9.17, 15) is 13.5 Å². The summed E-state index contributed by atoms with van der Waals surface area (Å²) < 4.78 is 28.8. The lowest BCUT2D eigenvalue weighted by Gasteiger charge is -2.12. The maximum Gasteiger partial charge on any atom is 0.297 e. The van der Waals surface area contributed by atoms with E-state index in [2.05, 4.69) is 0 Å². The standard InChI is InChI=1S/C15H16O5S/c1-11-2-8-14(9-3-11)21(18,19)20-10-15(17)12-4-6-13(16)7-5-12/h2-9,15-17H,10H2,1H3. The van der Waals surface area contributed by atoms with E-state index in [1.165, 1.54) is 36.4 Å². The third kappa shape index (κ3) is 4.04. The maximum absolute atomic E-state index is 12.0. The number of rotatable bonds is 5. The van der Waals surface area contributed by atoms with Gasteiger partial charge in [0, 0.05) is 0 Å². The Labute approximate surface area is 123 Å². The summed E-state index contributed by atoms with van der Waals surface area (Å²) in [6.07, 6.45) is -1.09. The van der Waals surface area contributed by atoms with E-state index in [1.807, 2.05) is 6.92 Å². The van der Waals surface area contributed by atoms with Crippen molar-refractivity contribution in [3.63, 3.8) is 0 Å². The van der Waals surface area contributed by atoms with Gasteiger partial charge in [-0.2, -0.15) is 8.42 Å². The predicted molar refractivity (Wildman–Crippen MR) is 77.4 cm³/mol. The molecule has 0 saturated heterocycles. The topological polar surface area (TPSA) is 83.8 Å². The third-order valence-electron chi connectivity index (χ3n) is 2.97. The highest BCUT2D eigenvalue weighted by molar-refractivity contribution is 7.86. The van der Waals surface area contributed by atoms with Crippen molar-refractivity contribution in [2.75, 3.05) is 6.61 Å². The van der Waals surface area contributed by atoms with Crippen molar-refractivity contribution in [1.29, 1.82) is 0 Å². The monoisotopic (exact) mass is 308 g/mol. The molecule has 6 heteroatoms. The molecule has 0 fully saturated rings. The fourth-order valence-corrected chi connectivity index (χ4v) is 2.63. The van der Waals surface area contributed by atoms with Crippen LogP contribution in [0, 0.1) is 6.92 Å². The van der Waals surface area contributed by atoms with Crippen LogP contribution in [0.15, 0.2) is 53.4 Å². The highest BCUT2D eigenvalue weighted by atomic mass is 32.2. The summed E-state index contributed by atoms with van der Waals surface area (Å²) in [6, 6.07) is 12.1.